The average molecular weight is 249 g/mol. The van der Waals surface area contributed by atoms with E-state index in [0.717, 1.165) is 6.07 Å². The normalized spacial score (nSPS) is 12.5. The molecule has 0 fully saturated rings. The topological polar surface area (TPSA) is 51.8 Å². The van der Waals surface area contributed by atoms with E-state index in [0.29, 0.717) is 17.0 Å². The molecule has 0 saturated heterocycles. The first-order valence-corrected chi connectivity index (χ1v) is 5.50. The summed E-state index contributed by atoms with van der Waals surface area (Å²) in [6, 6.07) is 4.45. The first kappa shape index (κ1) is 12.6. The first-order chi connectivity index (χ1) is 8.49. The summed E-state index contributed by atoms with van der Waals surface area (Å²) in [5.74, 6) is -1.28. The van der Waals surface area contributed by atoms with Crippen molar-refractivity contribution in [2.24, 2.45) is 5.73 Å². The number of benzene rings is 1. The minimum atomic E-state index is -0.681. The van der Waals surface area contributed by atoms with E-state index in [2.05, 4.69) is 10.2 Å². The molecule has 0 aliphatic heterocycles. The van der Waals surface area contributed by atoms with Gasteiger partial charge in [-0.25, -0.2) is 8.78 Å². The number of halogens is 2. The lowest BCUT2D eigenvalue weighted by Crippen LogP contribution is -2.16. The molecule has 94 valence electrons. The second kappa shape index (κ2) is 4.78. The third-order valence-electron chi connectivity index (χ3n) is 2.77. The number of nitrogens with zero attached hydrogens (tertiary/aromatic N) is 2. The zero-order chi connectivity index (χ0) is 13.3. The molecule has 1 heterocycles. The predicted octanol–water partition coefficient (Wildman–Crippen LogP) is 2.42. The molecule has 2 rings (SSSR count). The summed E-state index contributed by atoms with van der Waals surface area (Å²) in [5, 5.41) is 7.84. The number of hydrogen-bond acceptors (Lipinski definition) is 3. The predicted molar refractivity (Wildman–Crippen MR) is 63.9 cm³/mol. The molecule has 18 heavy (non-hydrogen) atoms. The van der Waals surface area contributed by atoms with Gasteiger partial charge in [0, 0.05) is 11.6 Å². The fourth-order valence-electron chi connectivity index (χ4n) is 1.81. The van der Waals surface area contributed by atoms with Crippen molar-refractivity contribution >= 4 is 0 Å². The highest BCUT2D eigenvalue weighted by atomic mass is 19.1. The number of aryl methyl sites for hydroxylation is 2. The van der Waals surface area contributed by atoms with Gasteiger partial charge in [0.1, 0.15) is 11.6 Å². The molecule has 0 bridgehead atoms. The van der Waals surface area contributed by atoms with Gasteiger partial charge >= 0.3 is 0 Å². The molecule has 1 unspecified atom stereocenters. The van der Waals surface area contributed by atoms with Crippen LogP contribution in [0.25, 0.3) is 0 Å². The van der Waals surface area contributed by atoms with Crippen molar-refractivity contribution in [2.45, 2.75) is 19.9 Å². The van der Waals surface area contributed by atoms with Crippen molar-refractivity contribution in [2.75, 3.05) is 0 Å². The van der Waals surface area contributed by atoms with Gasteiger partial charge in [-0.3, -0.25) is 0 Å². The Bertz CT molecular complexity index is 584. The van der Waals surface area contributed by atoms with Gasteiger partial charge in [0.2, 0.25) is 0 Å². The maximum absolute atomic E-state index is 13.7. The Labute approximate surface area is 104 Å². The van der Waals surface area contributed by atoms with E-state index in [4.69, 9.17) is 5.73 Å². The molecule has 0 aliphatic rings. The maximum Gasteiger partial charge on any atom is 0.131 e. The highest BCUT2D eigenvalue weighted by Crippen LogP contribution is 2.24. The summed E-state index contributed by atoms with van der Waals surface area (Å²) in [5.41, 5.74) is 8.28. The van der Waals surface area contributed by atoms with Crippen LogP contribution in [0.1, 0.15) is 28.6 Å². The Morgan fingerprint density at radius 2 is 1.78 bits per heavy atom. The molecule has 0 aliphatic carbocycles. The third kappa shape index (κ3) is 2.36. The summed E-state index contributed by atoms with van der Waals surface area (Å²) in [6.45, 7) is 3.53. The molecule has 1 atom stereocenters. The molecule has 2 aromatic rings. The van der Waals surface area contributed by atoms with Crippen LogP contribution in [-0.4, -0.2) is 10.2 Å². The molecule has 1 aromatic carbocycles. The average Bonchev–Trinajstić information content (AvgIpc) is 2.31. The van der Waals surface area contributed by atoms with Crippen LogP contribution in [0.2, 0.25) is 0 Å². The van der Waals surface area contributed by atoms with Crippen LogP contribution in [0.3, 0.4) is 0 Å². The van der Waals surface area contributed by atoms with E-state index in [9.17, 15) is 8.78 Å². The van der Waals surface area contributed by atoms with Gasteiger partial charge in [-0.05, 0) is 31.5 Å². The Hall–Kier alpha value is -1.88. The van der Waals surface area contributed by atoms with Gasteiger partial charge in [-0.15, -0.1) is 0 Å². The van der Waals surface area contributed by atoms with Crippen molar-refractivity contribution in [3.63, 3.8) is 0 Å². The zero-order valence-electron chi connectivity index (χ0n) is 10.1. The van der Waals surface area contributed by atoms with Gasteiger partial charge < -0.3 is 5.73 Å². The second-order valence-corrected chi connectivity index (χ2v) is 4.17. The highest BCUT2D eigenvalue weighted by Gasteiger charge is 2.17. The largest absolute Gasteiger partial charge is 0.320 e. The van der Waals surface area contributed by atoms with E-state index in [-0.39, 0.29) is 5.56 Å². The lowest BCUT2D eigenvalue weighted by atomic mass is 9.98. The quantitative estimate of drug-likeness (QED) is 0.889. The fraction of sp³-hybridized carbons (Fsp3) is 0.231. The molecule has 5 heteroatoms. The van der Waals surface area contributed by atoms with Crippen LogP contribution < -0.4 is 5.73 Å². The smallest absolute Gasteiger partial charge is 0.131 e. The Morgan fingerprint density at radius 3 is 2.44 bits per heavy atom. The first-order valence-electron chi connectivity index (χ1n) is 5.50. The van der Waals surface area contributed by atoms with Crippen LogP contribution in [0.15, 0.2) is 24.3 Å². The monoisotopic (exact) mass is 249 g/mol. The van der Waals surface area contributed by atoms with Crippen LogP contribution in [0, 0.1) is 25.5 Å². The summed E-state index contributed by atoms with van der Waals surface area (Å²) in [6.07, 6.45) is 0. The van der Waals surface area contributed by atoms with Crippen LogP contribution in [0.4, 0.5) is 8.78 Å². The van der Waals surface area contributed by atoms with Gasteiger partial charge in [-0.1, -0.05) is 6.07 Å². The van der Waals surface area contributed by atoms with E-state index in [1.807, 2.05) is 0 Å². The summed E-state index contributed by atoms with van der Waals surface area (Å²) >= 11 is 0. The summed E-state index contributed by atoms with van der Waals surface area (Å²) < 4.78 is 26.5. The van der Waals surface area contributed by atoms with E-state index in [1.165, 1.54) is 12.1 Å². The molecule has 0 amide bonds. The summed E-state index contributed by atoms with van der Waals surface area (Å²) in [7, 11) is 0. The zero-order valence-corrected chi connectivity index (χ0v) is 10.1. The number of aromatic nitrogens is 2. The lowest BCUT2D eigenvalue weighted by Gasteiger charge is -2.15. The molecule has 0 saturated carbocycles. The molecule has 1 aromatic heterocycles. The van der Waals surface area contributed by atoms with Gasteiger partial charge in [0.15, 0.2) is 0 Å². The molecule has 3 nitrogen and oxygen atoms in total. The standard InChI is InChI=1S/C13H13F2N3/c1-7-5-11(8(2)18-17-7)13(16)10-4-3-9(14)6-12(10)15/h3-6,13H,16H2,1-2H3. The lowest BCUT2D eigenvalue weighted by molar-refractivity contribution is 0.565. The maximum atomic E-state index is 13.7. The van der Waals surface area contributed by atoms with Crippen molar-refractivity contribution in [3.05, 3.63) is 58.4 Å². The molecular weight excluding hydrogens is 236 g/mol. The van der Waals surface area contributed by atoms with Crippen molar-refractivity contribution in [1.82, 2.24) is 10.2 Å². The Morgan fingerprint density at radius 1 is 1.06 bits per heavy atom. The molecule has 0 spiro atoms. The summed E-state index contributed by atoms with van der Waals surface area (Å²) in [4.78, 5) is 0. The fourth-order valence-corrected chi connectivity index (χ4v) is 1.81. The van der Waals surface area contributed by atoms with Crippen LogP contribution >= 0.6 is 0 Å². The molecule has 0 radical (unpaired) electrons. The van der Waals surface area contributed by atoms with Gasteiger partial charge in [0.05, 0.1) is 17.4 Å². The van der Waals surface area contributed by atoms with Crippen LogP contribution in [0.5, 0.6) is 0 Å². The second-order valence-electron chi connectivity index (χ2n) is 4.17. The number of hydrogen-bond donors (Lipinski definition) is 1. The Kier molecular flexibility index (Phi) is 3.34. The van der Waals surface area contributed by atoms with Gasteiger partial charge in [-0.2, -0.15) is 10.2 Å². The van der Waals surface area contributed by atoms with E-state index in [1.54, 1.807) is 19.9 Å². The molecular formula is C13H13F2N3. The minimum absolute atomic E-state index is 0.243. The highest BCUT2D eigenvalue weighted by molar-refractivity contribution is 5.34. The molecule has 2 N–H and O–H groups in total. The number of nitrogens with two attached hydrogens (primary N) is 1. The third-order valence-corrected chi connectivity index (χ3v) is 2.77. The van der Waals surface area contributed by atoms with Crippen molar-refractivity contribution in [3.8, 4) is 0 Å². The van der Waals surface area contributed by atoms with Gasteiger partial charge in [0.25, 0.3) is 0 Å². The number of rotatable bonds is 2. The Balaban J connectivity index is 2.47. The van der Waals surface area contributed by atoms with Crippen molar-refractivity contribution < 1.29 is 8.78 Å². The van der Waals surface area contributed by atoms with Crippen LogP contribution in [-0.2, 0) is 0 Å². The van der Waals surface area contributed by atoms with Crippen molar-refractivity contribution in [1.29, 1.82) is 0 Å². The minimum Gasteiger partial charge on any atom is -0.320 e. The van der Waals surface area contributed by atoms with E-state index < -0.39 is 17.7 Å². The SMILES string of the molecule is Cc1cc(C(N)c2ccc(F)cc2F)c(C)nn1. The van der Waals surface area contributed by atoms with E-state index >= 15 is 0 Å².